The van der Waals surface area contributed by atoms with Crippen LogP contribution < -0.4 is 0 Å². The number of hydrogen-bond acceptors (Lipinski definition) is 1. The lowest BCUT2D eigenvalue weighted by atomic mass is 10.4. The number of nitrogens with zero attached hydrogens (tertiary/aromatic N) is 1. The van der Waals surface area contributed by atoms with Gasteiger partial charge in [0.15, 0.2) is 0 Å². The Labute approximate surface area is 70.2 Å². The molecule has 0 rings (SSSR count). The van der Waals surface area contributed by atoms with Crippen molar-refractivity contribution in [2.75, 3.05) is 13.1 Å². The minimum atomic E-state index is 0. The smallest absolute Gasteiger partial charge is 0.0120 e. The van der Waals surface area contributed by atoms with Crippen molar-refractivity contribution >= 4 is 26.0 Å². The molecule has 0 aromatic rings. The maximum absolute atomic E-state index is 3.43. The van der Waals surface area contributed by atoms with E-state index in [0.717, 1.165) is 13.1 Å². The molecule has 0 fully saturated rings. The van der Waals surface area contributed by atoms with Crippen LogP contribution in [0.4, 0.5) is 0 Å². The summed E-state index contributed by atoms with van der Waals surface area (Å²) < 4.78 is 2.17. The third kappa shape index (κ3) is 8.87. The zero-order valence-corrected chi connectivity index (χ0v) is 9.36. The van der Waals surface area contributed by atoms with Crippen molar-refractivity contribution in [3.8, 4) is 0 Å². The summed E-state index contributed by atoms with van der Waals surface area (Å²) in [6.45, 7) is 6.69. The molecule has 9 heavy (non-hydrogen) atoms. The Hall–Kier alpha value is 0.870. The lowest BCUT2D eigenvalue weighted by Crippen LogP contribution is -2.12. The average Bonchev–Trinajstić information content (AvgIpc) is 1.68. The molecule has 3 heteroatoms. The molecule has 58 valence electrons. The molecular formula is C6H17BrNP. The fourth-order valence-corrected chi connectivity index (χ4v) is 1.31. The summed E-state index contributed by atoms with van der Waals surface area (Å²) in [6, 6.07) is 0. The minimum absolute atomic E-state index is 0. The van der Waals surface area contributed by atoms with Crippen LogP contribution in [0.3, 0.4) is 0 Å². The molecule has 0 amide bonds. The average molecular weight is 214 g/mol. The summed E-state index contributed by atoms with van der Waals surface area (Å²) in [5.74, 6) is 0. The summed E-state index contributed by atoms with van der Waals surface area (Å²) in [5, 5.41) is 0. The highest BCUT2D eigenvalue weighted by molar-refractivity contribution is 9.07. The van der Waals surface area contributed by atoms with Crippen LogP contribution in [-0.2, 0) is 0 Å². The number of hydrogen-bond donors (Lipinski definition) is 0. The van der Waals surface area contributed by atoms with E-state index in [4.69, 9.17) is 0 Å². The fourth-order valence-electron chi connectivity index (χ4n) is 0.597. The second-order valence-electron chi connectivity index (χ2n) is 1.91. The summed E-state index contributed by atoms with van der Waals surface area (Å²) in [6.07, 6.45) is 2.45. The molecule has 0 bridgehead atoms. The maximum Gasteiger partial charge on any atom is 0.0120 e. The van der Waals surface area contributed by atoms with Crippen LogP contribution in [0.15, 0.2) is 0 Å². The summed E-state index contributed by atoms with van der Waals surface area (Å²) in [5.41, 5.74) is 0. The second kappa shape index (κ2) is 8.87. The molecule has 0 aromatic heterocycles. The van der Waals surface area contributed by atoms with Gasteiger partial charge < -0.3 is 0 Å². The molecule has 0 aliphatic carbocycles. The molecule has 0 N–H and O–H groups in total. The van der Waals surface area contributed by atoms with Gasteiger partial charge in [-0.15, -0.1) is 0 Å². The van der Waals surface area contributed by atoms with Crippen molar-refractivity contribution in [3.63, 3.8) is 0 Å². The van der Waals surface area contributed by atoms with Gasteiger partial charge in [-0.2, -0.15) is 9.90 Å². The van der Waals surface area contributed by atoms with E-state index in [-0.39, 0.29) is 9.90 Å². The minimum Gasteiger partial charge on any atom is -0.242 e. The van der Waals surface area contributed by atoms with Crippen molar-refractivity contribution in [1.82, 2.24) is 3.93 Å². The molecule has 0 saturated carbocycles. The number of halogens is 1. The zero-order valence-electron chi connectivity index (χ0n) is 6.36. The van der Waals surface area contributed by atoms with E-state index >= 15 is 0 Å². The molecule has 1 nitrogen and oxygen atoms in total. The van der Waals surface area contributed by atoms with Gasteiger partial charge in [0.25, 0.3) is 0 Å². The predicted molar refractivity (Wildman–Crippen MR) is 52.2 cm³/mol. The van der Waals surface area contributed by atoms with Crippen molar-refractivity contribution < 1.29 is 0 Å². The van der Waals surface area contributed by atoms with Crippen molar-refractivity contribution in [2.45, 2.75) is 26.7 Å². The quantitative estimate of drug-likeness (QED) is 0.513. The molecule has 0 spiro atoms. The highest BCUT2D eigenvalue weighted by atomic mass is 79.9. The summed E-state index contributed by atoms with van der Waals surface area (Å²) >= 11 is 3.43. The molecule has 0 aliphatic rings. The molecule has 0 aromatic carbocycles. The van der Waals surface area contributed by atoms with Crippen molar-refractivity contribution in [3.05, 3.63) is 0 Å². The van der Waals surface area contributed by atoms with Crippen LogP contribution in [-0.4, -0.2) is 17.0 Å². The first-order chi connectivity index (χ1) is 3.81. The SMILES string of the molecule is CCCN(Br)CCC.P. The van der Waals surface area contributed by atoms with Crippen molar-refractivity contribution in [2.24, 2.45) is 0 Å². The lowest BCUT2D eigenvalue weighted by Gasteiger charge is -2.09. The van der Waals surface area contributed by atoms with Gasteiger partial charge in [0.1, 0.15) is 0 Å². The first kappa shape index (κ1) is 12.5. The van der Waals surface area contributed by atoms with E-state index in [9.17, 15) is 0 Å². The van der Waals surface area contributed by atoms with Crippen molar-refractivity contribution in [1.29, 1.82) is 0 Å². The zero-order chi connectivity index (χ0) is 6.41. The van der Waals surface area contributed by atoms with Gasteiger partial charge in [-0.1, -0.05) is 13.8 Å². The van der Waals surface area contributed by atoms with E-state index < -0.39 is 0 Å². The standard InChI is InChI=1S/C6H14BrN.H3P/c1-3-5-8(7)6-4-2;/h3-6H2,1-2H3;1H3. The van der Waals surface area contributed by atoms with E-state index in [1.807, 2.05) is 0 Å². The molecule has 0 heterocycles. The van der Waals surface area contributed by atoms with E-state index in [1.165, 1.54) is 12.8 Å². The lowest BCUT2D eigenvalue weighted by molar-refractivity contribution is 0.483. The summed E-state index contributed by atoms with van der Waals surface area (Å²) in [4.78, 5) is 0. The molecule has 0 aliphatic heterocycles. The Morgan fingerprint density at radius 2 is 1.44 bits per heavy atom. The van der Waals surface area contributed by atoms with Gasteiger partial charge in [-0.3, -0.25) is 0 Å². The van der Waals surface area contributed by atoms with Crippen LogP contribution in [0.5, 0.6) is 0 Å². The van der Waals surface area contributed by atoms with Crippen LogP contribution in [0, 0.1) is 0 Å². The fraction of sp³-hybridized carbons (Fsp3) is 1.00. The van der Waals surface area contributed by atoms with Gasteiger partial charge in [-0.05, 0) is 12.8 Å². The van der Waals surface area contributed by atoms with Gasteiger partial charge >= 0.3 is 0 Å². The van der Waals surface area contributed by atoms with E-state index in [2.05, 4.69) is 33.9 Å². The highest BCUT2D eigenvalue weighted by Crippen LogP contribution is 1.98. The van der Waals surface area contributed by atoms with E-state index in [1.54, 1.807) is 0 Å². The normalized spacial score (nSPS) is 9.33. The van der Waals surface area contributed by atoms with Gasteiger partial charge in [0, 0.05) is 29.2 Å². The molecule has 1 atom stereocenters. The van der Waals surface area contributed by atoms with Gasteiger partial charge in [0.2, 0.25) is 0 Å². The molecular weight excluding hydrogens is 197 g/mol. The Kier molecular flexibility index (Phi) is 12.4. The molecule has 0 radical (unpaired) electrons. The largest absolute Gasteiger partial charge is 0.242 e. The molecule has 0 saturated heterocycles. The Balaban J connectivity index is 0. The first-order valence-electron chi connectivity index (χ1n) is 3.22. The van der Waals surface area contributed by atoms with Gasteiger partial charge in [-0.25, -0.2) is 3.93 Å². The summed E-state index contributed by atoms with van der Waals surface area (Å²) in [7, 11) is 0. The van der Waals surface area contributed by atoms with Crippen LogP contribution in [0.1, 0.15) is 26.7 Å². The maximum atomic E-state index is 3.43. The second-order valence-corrected chi connectivity index (χ2v) is 2.91. The highest BCUT2D eigenvalue weighted by Gasteiger charge is 1.92. The third-order valence-corrected chi connectivity index (χ3v) is 1.64. The number of rotatable bonds is 4. The van der Waals surface area contributed by atoms with Crippen LogP contribution in [0.25, 0.3) is 0 Å². The van der Waals surface area contributed by atoms with Gasteiger partial charge in [0.05, 0.1) is 0 Å². The molecule has 1 unspecified atom stereocenters. The Bertz CT molecular complexity index is 46.3. The van der Waals surface area contributed by atoms with E-state index in [0.29, 0.717) is 0 Å². The van der Waals surface area contributed by atoms with Crippen LogP contribution in [0.2, 0.25) is 0 Å². The monoisotopic (exact) mass is 213 g/mol. The Morgan fingerprint density at radius 3 is 1.67 bits per heavy atom. The predicted octanol–water partition coefficient (Wildman–Crippen LogP) is 2.48. The first-order valence-corrected chi connectivity index (χ1v) is 3.92. The third-order valence-electron chi connectivity index (χ3n) is 0.932. The van der Waals surface area contributed by atoms with Crippen LogP contribution >= 0.6 is 26.0 Å². The Morgan fingerprint density at radius 1 is 1.11 bits per heavy atom. The topological polar surface area (TPSA) is 3.24 Å².